The third-order valence-corrected chi connectivity index (χ3v) is 3.37. The molecule has 1 unspecified atom stereocenters. The van der Waals surface area contributed by atoms with Crippen LogP contribution in [0.25, 0.3) is 0 Å². The Morgan fingerprint density at radius 3 is 2.88 bits per heavy atom. The Morgan fingerprint density at radius 1 is 1.65 bits per heavy atom. The van der Waals surface area contributed by atoms with Crippen LogP contribution in [0.15, 0.2) is 16.2 Å². The molecule has 0 aromatic carbocycles. The maximum atomic E-state index is 12.1. The van der Waals surface area contributed by atoms with Gasteiger partial charge in [0.25, 0.3) is 0 Å². The highest BCUT2D eigenvalue weighted by Crippen LogP contribution is 2.24. The Labute approximate surface area is 109 Å². The number of aromatic nitrogens is 4. The van der Waals surface area contributed by atoms with Crippen molar-refractivity contribution in [3.05, 3.63) is 26.9 Å². The van der Waals surface area contributed by atoms with E-state index in [1.54, 1.807) is 18.6 Å². The van der Waals surface area contributed by atoms with Crippen LogP contribution in [0.4, 0.5) is 0 Å². The van der Waals surface area contributed by atoms with E-state index in [1.165, 1.54) is 16.1 Å². The van der Waals surface area contributed by atoms with Crippen LogP contribution in [0.2, 0.25) is 0 Å². The molecule has 2 aromatic rings. The molecule has 0 amide bonds. The Balaban J connectivity index is 2.37. The summed E-state index contributed by atoms with van der Waals surface area (Å²) in [5.74, 6) is -1.33. The third-order valence-electron chi connectivity index (χ3n) is 2.00. The molecule has 0 spiro atoms. The first-order valence-corrected chi connectivity index (χ1v) is 6.20. The van der Waals surface area contributed by atoms with Crippen molar-refractivity contribution in [3.8, 4) is 6.07 Å². The second-order valence-corrected chi connectivity index (χ2v) is 4.80. The average molecular weight is 312 g/mol. The van der Waals surface area contributed by atoms with E-state index < -0.39 is 11.7 Å². The van der Waals surface area contributed by atoms with Gasteiger partial charge in [0.1, 0.15) is 5.01 Å². The van der Waals surface area contributed by atoms with Gasteiger partial charge in [-0.1, -0.05) is 0 Å². The molecule has 0 aliphatic heterocycles. The normalized spacial score (nSPS) is 12.1. The molecule has 86 valence electrons. The zero-order valence-electron chi connectivity index (χ0n) is 8.66. The lowest BCUT2D eigenvalue weighted by molar-refractivity contribution is 0.0972. The molecule has 8 heteroatoms. The van der Waals surface area contributed by atoms with E-state index in [4.69, 9.17) is 5.26 Å². The smallest absolute Gasteiger partial charge is 0.209 e. The van der Waals surface area contributed by atoms with Crippen molar-refractivity contribution in [2.75, 3.05) is 0 Å². The molecule has 0 fully saturated rings. The molecule has 2 rings (SSSR count). The van der Waals surface area contributed by atoms with Gasteiger partial charge in [-0.2, -0.15) is 10.1 Å². The fourth-order valence-corrected chi connectivity index (χ4v) is 2.46. The minimum Gasteiger partial charge on any atom is -0.290 e. The second-order valence-electron chi connectivity index (χ2n) is 3.13. The number of carbonyl (C=O) groups is 1. The summed E-state index contributed by atoms with van der Waals surface area (Å²) < 4.78 is 0.335. The summed E-state index contributed by atoms with van der Waals surface area (Å²) in [6, 6.07) is 1.94. The van der Waals surface area contributed by atoms with E-state index in [2.05, 4.69) is 31.1 Å². The molecule has 0 aliphatic rings. The molecular weight excluding hydrogens is 306 g/mol. The van der Waals surface area contributed by atoms with Gasteiger partial charge in [-0.3, -0.25) is 4.79 Å². The standard InChI is InChI=1S/C9H6BrN5OS/c1-15-13-6(8(10)14-15)7(16)5(4-11)9-12-2-3-17-9/h2-3,5H,1H3. The Hall–Kier alpha value is -1.59. The van der Waals surface area contributed by atoms with Gasteiger partial charge in [-0.25, -0.2) is 4.98 Å². The first-order valence-electron chi connectivity index (χ1n) is 4.53. The number of rotatable bonds is 3. The van der Waals surface area contributed by atoms with Gasteiger partial charge in [0.2, 0.25) is 5.78 Å². The van der Waals surface area contributed by atoms with Crippen LogP contribution in [0.5, 0.6) is 0 Å². The SMILES string of the molecule is Cn1nc(Br)c(C(=O)C(C#N)c2nccs2)n1. The number of halogens is 1. The minimum absolute atomic E-state index is 0.147. The largest absolute Gasteiger partial charge is 0.290 e. The molecule has 0 saturated heterocycles. The van der Waals surface area contributed by atoms with Crippen molar-refractivity contribution >= 4 is 33.0 Å². The summed E-state index contributed by atoms with van der Waals surface area (Å²) in [5.41, 5.74) is 0.147. The number of Topliss-reactive ketones (excluding diaryl/α,β-unsaturated/α-hetero) is 1. The van der Waals surface area contributed by atoms with Gasteiger partial charge >= 0.3 is 0 Å². The highest BCUT2D eigenvalue weighted by Gasteiger charge is 2.28. The van der Waals surface area contributed by atoms with Gasteiger partial charge < -0.3 is 0 Å². The predicted molar refractivity (Wildman–Crippen MR) is 63.5 cm³/mol. The first-order chi connectivity index (χ1) is 8.13. The van der Waals surface area contributed by atoms with Crippen molar-refractivity contribution < 1.29 is 4.79 Å². The second kappa shape index (κ2) is 4.73. The molecule has 0 bridgehead atoms. The predicted octanol–water partition coefficient (Wildman–Crippen LogP) is 1.52. The molecule has 6 nitrogen and oxygen atoms in total. The topological polar surface area (TPSA) is 84.5 Å². The summed E-state index contributed by atoms with van der Waals surface area (Å²) in [5, 5.41) is 19.1. The Bertz CT molecular complexity index is 585. The number of nitriles is 1. The summed E-state index contributed by atoms with van der Waals surface area (Å²) in [4.78, 5) is 17.4. The number of aryl methyl sites for hydroxylation is 1. The fourth-order valence-electron chi connectivity index (χ4n) is 1.27. The van der Waals surface area contributed by atoms with Gasteiger partial charge in [-0.15, -0.1) is 21.5 Å². The molecule has 0 saturated carbocycles. The van der Waals surface area contributed by atoms with Gasteiger partial charge in [0.15, 0.2) is 16.2 Å². The lowest BCUT2D eigenvalue weighted by atomic mass is 10.1. The Kier molecular flexibility index (Phi) is 3.31. The van der Waals surface area contributed by atoms with Crippen molar-refractivity contribution in [2.24, 2.45) is 7.05 Å². The quantitative estimate of drug-likeness (QED) is 0.802. The maximum absolute atomic E-state index is 12.1. The van der Waals surface area contributed by atoms with E-state index in [9.17, 15) is 4.79 Å². The molecule has 0 aliphatic carbocycles. The van der Waals surface area contributed by atoms with Crippen LogP contribution in [-0.4, -0.2) is 25.8 Å². The molecular formula is C9H6BrN5OS. The molecule has 2 aromatic heterocycles. The molecule has 2 heterocycles. The number of hydrogen-bond acceptors (Lipinski definition) is 6. The summed E-state index contributed by atoms with van der Waals surface area (Å²) in [7, 11) is 1.60. The molecule has 0 radical (unpaired) electrons. The highest BCUT2D eigenvalue weighted by atomic mass is 79.9. The van der Waals surface area contributed by atoms with E-state index in [-0.39, 0.29) is 5.69 Å². The zero-order valence-corrected chi connectivity index (χ0v) is 11.1. The van der Waals surface area contributed by atoms with Crippen molar-refractivity contribution in [1.29, 1.82) is 5.26 Å². The number of ketones is 1. The number of nitrogens with zero attached hydrogens (tertiary/aromatic N) is 5. The van der Waals surface area contributed by atoms with E-state index in [0.29, 0.717) is 9.61 Å². The average Bonchev–Trinajstić information content (AvgIpc) is 2.89. The number of carbonyl (C=O) groups excluding carboxylic acids is 1. The van der Waals surface area contributed by atoms with Crippen LogP contribution < -0.4 is 0 Å². The maximum Gasteiger partial charge on any atom is 0.209 e. The number of hydrogen-bond donors (Lipinski definition) is 0. The van der Waals surface area contributed by atoms with E-state index in [0.717, 1.165) is 0 Å². The van der Waals surface area contributed by atoms with E-state index in [1.807, 2.05) is 6.07 Å². The van der Waals surface area contributed by atoms with Gasteiger partial charge in [-0.05, 0) is 15.9 Å². The lowest BCUT2D eigenvalue weighted by Gasteiger charge is -2.01. The van der Waals surface area contributed by atoms with Crippen molar-refractivity contribution in [2.45, 2.75) is 5.92 Å². The fraction of sp³-hybridized carbons (Fsp3) is 0.222. The third kappa shape index (κ3) is 2.25. The minimum atomic E-state index is -0.928. The number of thiazole rings is 1. The van der Waals surface area contributed by atoms with E-state index >= 15 is 0 Å². The van der Waals surface area contributed by atoms with Crippen LogP contribution in [-0.2, 0) is 7.05 Å². The summed E-state index contributed by atoms with van der Waals surface area (Å²) >= 11 is 4.40. The lowest BCUT2D eigenvalue weighted by Crippen LogP contribution is -2.12. The van der Waals surface area contributed by atoms with Crippen LogP contribution in [0.3, 0.4) is 0 Å². The van der Waals surface area contributed by atoms with Gasteiger partial charge in [0, 0.05) is 18.6 Å². The van der Waals surface area contributed by atoms with Crippen LogP contribution in [0.1, 0.15) is 21.4 Å². The van der Waals surface area contributed by atoms with Crippen molar-refractivity contribution in [1.82, 2.24) is 20.0 Å². The first kappa shape index (κ1) is 11.9. The Morgan fingerprint density at radius 2 is 2.41 bits per heavy atom. The highest BCUT2D eigenvalue weighted by molar-refractivity contribution is 9.10. The summed E-state index contributed by atoms with van der Waals surface area (Å²) in [6.07, 6.45) is 1.56. The summed E-state index contributed by atoms with van der Waals surface area (Å²) in [6.45, 7) is 0. The molecule has 1 atom stereocenters. The van der Waals surface area contributed by atoms with Crippen molar-refractivity contribution in [3.63, 3.8) is 0 Å². The zero-order chi connectivity index (χ0) is 12.4. The monoisotopic (exact) mass is 311 g/mol. The van der Waals surface area contributed by atoms with Crippen LogP contribution in [0, 0.1) is 11.3 Å². The molecule has 17 heavy (non-hydrogen) atoms. The van der Waals surface area contributed by atoms with Crippen LogP contribution >= 0.6 is 27.3 Å². The van der Waals surface area contributed by atoms with Gasteiger partial charge in [0.05, 0.1) is 6.07 Å². The molecule has 0 N–H and O–H groups in total.